The highest BCUT2D eigenvalue weighted by molar-refractivity contribution is 7.92. The van der Waals surface area contributed by atoms with Crippen molar-refractivity contribution in [1.82, 2.24) is 4.90 Å². The van der Waals surface area contributed by atoms with Gasteiger partial charge in [0.1, 0.15) is 16.3 Å². The Morgan fingerprint density at radius 3 is 2.39 bits per heavy atom. The van der Waals surface area contributed by atoms with Crippen molar-refractivity contribution in [2.75, 3.05) is 37.8 Å². The molecule has 206 valence electrons. The number of amides is 1. The summed E-state index contributed by atoms with van der Waals surface area (Å²) in [5.41, 5.74) is -0.423. The molecule has 0 bridgehead atoms. The second-order valence-corrected chi connectivity index (χ2v) is 14.6. The van der Waals surface area contributed by atoms with Gasteiger partial charge in [0.2, 0.25) is 5.91 Å². The monoisotopic (exact) mass is 589 g/mol. The van der Waals surface area contributed by atoms with Gasteiger partial charge in [-0.1, -0.05) is 11.6 Å². The van der Waals surface area contributed by atoms with Crippen LogP contribution in [0.25, 0.3) is 0 Å². The van der Waals surface area contributed by atoms with E-state index in [4.69, 9.17) is 21.1 Å². The van der Waals surface area contributed by atoms with E-state index in [1.807, 2.05) is 0 Å². The molecule has 0 aliphatic carbocycles. The van der Waals surface area contributed by atoms with Crippen LogP contribution in [-0.4, -0.2) is 71.6 Å². The van der Waals surface area contributed by atoms with Gasteiger partial charge in [0.05, 0.1) is 28.9 Å². The van der Waals surface area contributed by atoms with Gasteiger partial charge in [-0.2, -0.15) is 0 Å². The number of carbonyl (C=O) groups is 1. The molecule has 0 spiro atoms. The van der Waals surface area contributed by atoms with Gasteiger partial charge in [0.25, 0.3) is 0 Å². The van der Waals surface area contributed by atoms with Gasteiger partial charge in [-0.25, -0.2) is 25.6 Å². The summed E-state index contributed by atoms with van der Waals surface area (Å²) in [5.74, 6) is -4.96. The van der Waals surface area contributed by atoms with E-state index < -0.39 is 76.8 Å². The van der Waals surface area contributed by atoms with Gasteiger partial charge < -0.3 is 14.4 Å². The molecule has 1 unspecified atom stereocenters. The summed E-state index contributed by atoms with van der Waals surface area (Å²) in [5, 5.41) is 0.297. The van der Waals surface area contributed by atoms with Crippen molar-refractivity contribution in [3.63, 3.8) is 0 Å². The molecule has 2 aromatic rings. The molecule has 2 aromatic carbocycles. The zero-order valence-electron chi connectivity index (χ0n) is 20.2. The van der Waals surface area contributed by atoms with Crippen molar-refractivity contribution in [1.29, 1.82) is 0 Å². The molecule has 0 aromatic heterocycles. The number of nitrogens with zero attached hydrogens (tertiary/aromatic N) is 1. The standard InChI is InChI=1S/C25H26ClF2NO7S2/c26-16-2-4-17(5-3-16)38(33,34)25-9-12-35-21(8-13-37(31,32)15-22(30)29-10-1-11-29)18(25)14-36-24-20(28)7-6-19(27)23(24)25/h2-7,18,21H,1,8-15H2/t18?,21-,25-/m0/s1. The van der Waals surface area contributed by atoms with E-state index in [-0.39, 0.29) is 31.0 Å². The Morgan fingerprint density at radius 1 is 1.05 bits per heavy atom. The largest absolute Gasteiger partial charge is 0.490 e. The molecule has 8 nitrogen and oxygen atoms in total. The third-order valence-electron chi connectivity index (χ3n) is 7.61. The van der Waals surface area contributed by atoms with Crippen LogP contribution in [0.2, 0.25) is 5.02 Å². The fourth-order valence-electron chi connectivity index (χ4n) is 5.55. The van der Waals surface area contributed by atoms with Crippen molar-refractivity contribution >= 4 is 37.2 Å². The van der Waals surface area contributed by atoms with Crippen molar-refractivity contribution in [2.45, 2.75) is 35.0 Å². The second-order valence-electron chi connectivity index (χ2n) is 9.77. The van der Waals surface area contributed by atoms with E-state index in [1.54, 1.807) is 0 Å². The number of fused-ring (bicyclic) bond motifs is 3. The van der Waals surface area contributed by atoms with E-state index in [2.05, 4.69) is 0 Å². The fraction of sp³-hybridized carbons (Fsp3) is 0.480. The molecule has 13 heteroatoms. The molecular weight excluding hydrogens is 564 g/mol. The van der Waals surface area contributed by atoms with Gasteiger partial charge >= 0.3 is 0 Å². The molecular formula is C25H26ClF2NO7S2. The number of rotatable bonds is 7. The zero-order chi connectivity index (χ0) is 27.3. The van der Waals surface area contributed by atoms with Crippen LogP contribution in [0.1, 0.15) is 24.8 Å². The molecule has 3 atom stereocenters. The predicted molar refractivity (Wildman–Crippen MR) is 134 cm³/mol. The van der Waals surface area contributed by atoms with Crippen molar-refractivity contribution in [3.05, 3.63) is 58.6 Å². The number of sulfone groups is 2. The van der Waals surface area contributed by atoms with E-state index in [0.717, 1.165) is 18.6 Å². The third kappa shape index (κ3) is 4.59. The molecule has 1 amide bonds. The van der Waals surface area contributed by atoms with Crippen LogP contribution >= 0.6 is 11.6 Å². The predicted octanol–water partition coefficient (Wildman–Crippen LogP) is 3.12. The van der Waals surface area contributed by atoms with Gasteiger partial charge in [0.15, 0.2) is 31.2 Å². The van der Waals surface area contributed by atoms with Crippen molar-refractivity contribution in [2.24, 2.45) is 5.92 Å². The number of likely N-dealkylation sites (tertiary alicyclic amines) is 1. The van der Waals surface area contributed by atoms with Crippen LogP contribution in [0.5, 0.6) is 5.75 Å². The summed E-state index contributed by atoms with van der Waals surface area (Å²) < 4.78 is 93.7. The minimum absolute atomic E-state index is 0.142. The van der Waals surface area contributed by atoms with Crippen LogP contribution in [0.15, 0.2) is 41.3 Å². The first kappa shape index (κ1) is 27.3. The molecule has 5 rings (SSSR count). The Labute approximate surface area is 224 Å². The molecule has 0 N–H and O–H groups in total. The molecule has 38 heavy (non-hydrogen) atoms. The average Bonchev–Trinajstić information content (AvgIpc) is 2.83. The molecule has 3 aliphatic heterocycles. The first-order chi connectivity index (χ1) is 18.0. The quantitative estimate of drug-likeness (QED) is 0.488. The highest BCUT2D eigenvalue weighted by atomic mass is 35.5. The van der Waals surface area contributed by atoms with Crippen LogP contribution in [0.3, 0.4) is 0 Å². The van der Waals surface area contributed by atoms with Crippen molar-refractivity contribution in [3.8, 4) is 5.75 Å². The lowest BCUT2D eigenvalue weighted by Gasteiger charge is -2.50. The maximum absolute atomic E-state index is 15.4. The SMILES string of the molecule is O=C(CS(=O)(=O)CC[C@@H]1OCC[C@@]2(S(=O)(=O)c3ccc(Cl)cc3)c3c(F)ccc(F)c3OCC12)N1CCC1. The van der Waals surface area contributed by atoms with Crippen LogP contribution in [0, 0.1) is 17.6 Å². The Kier molecular flexibility index (Phi) is 7.21. The minimum atomic E-state index is -4.40. The number of carbonyl (C=O) groups excluding carboxylic acids is 1. The minimum Gasteiger partial charge on any atom is -0.490 e. The molecule has 2 saturated heterocycles. The highest BCUT2D eigenvalue weighted by Crippen LogP contribution is 2.55. The maximum Gasteiger partial charge on any atom is 0.237 e. The lowest BCUT2D eigenvalue weighted by atomic mass is 9.75. The summed E-state index contributed by atoms with van der Waals surface area (Å²) in [4.78, 5) is 13.5. The second kappa shape index (κ2) is 10.0. The number of ether oxygens (including phenoxy) is 2. The topological polar surface area (TPSA) is 107 Å². The maximum atomic E-state index is 15.4. The lowest BCUT2D eigenvalue weighted by Crippen LogP contribution is -2.57. The Bertz CT molecular complexity index is 1460. The summed E-state index contributed by atoms with van der Waals surface area (Å²) in [6, 6.07) is 7.10. The molecule has 2 fully saturated rings. The summed E-state index contributed by atoms with van der Waals surface area (Å²) in [6.45, 7) is 0.561. The first-order valence-corrected chi connectivity index (χ1v) is 15.9. The van der Waals surface area contributed by atoms with Crippen LogP contribution in [-0.2, 0) is 34.0 Å². The normalized spacial score (nSPS) is 25.1. The summed E-state index contributed by atoms with van der Waals surface area (Å²) in [6.07, 6.45) is -0.494. The number of hydrogen-bond donors (Lipinski definition) is 0. The van der Waals surface area contributed by atoms with Gasteiger partial charge in [0, 0.05) is 30.6 Å². The molecule has 3 aliphatic rings. The van der Waals surface area contributed by atoms with Crippen LogP contribution < -0.4 is 4.74 Å². The molecule has 0 radical (unpaired) electrons. The van der Waals surface area contributed by atoms with Crippen molar-refractivity contribution < 1.29 is 39.9 Å². The average molecular weight is 590 g/mol. The number of hydrogen-bond acceptors (Lipinski definition) is 7. The fourth-order valence-corrected chi connectivity index (χ4v) is 9.31. The van der Waals surface area contributed by atoms with Gasteiger partial charge in [-0.05, 0) is 55.7 Å². The first-order valence-electron chi connectivity index (χ1n) is 12.2. The Balaban J connectivity index is 1.53. The summed E-state index contributed by atoms with van der Waals surface area (Å²) >= 11 is 5.96. The van der Waals surface area contributed by atoms with E-state index in [1.165, 1.54) is 29.2 Å². The Hall–Kier alpha value is -2.28. The number of benzene rings is 2. The van der Waals surface area contributed by atoms with Gasteiger partial charge in [-0.3, -0.25) is 4.79 Å². The molecule has 0 saturated carbocycles. The van der Waals surface area contributed by atoms with E-state index in [9.17, 15) is 26.0 Å². The Morgan fingerprint density at radius 2 is 1.74 bits per heavy atom. The third-order valence-corrected chi connectivity index (χ3v) is 12.0. The van der Waals surface area contributed by atoms with E-state index in [0.29, 0.717) is 18.1 Å². The number of halogens is 3. The summed E-state index contributed by atoms with van der Waals surface area (Å²) in [7, 11) is -8.24. The van der Waals surface area contributed by atoms with Crippen LogP contribution in [0.4, 0.5) is 8.78 Å². The van der Waals surface area contributed by atoms with Gasteiger partial charge in [-0.15, -0.1) is 0 Å². The van der Waals surface area contributed by atoms with E-state index >= 15 is 4.39 Å². The lowest BCUT2D eigenvalue weighted by molar-refractivity contribution is -0.131. The zero-order valence-corrected chi connectivity index (χ0v) is 22.6. The smallest absolute Gasteiger partial charge is 0.237 e. The highest BCUT2D eigenvalue weighted by Gasteiger charge is 2.61. The molecule has 3 heterocycles.